The van der Waals surface area contributed by atoms with E-state index in [1.807, 2.05) is 60.7 Å². The Morgan fingerprint density at radius 3 is 2.57 bits per heavy atom. The van der Waals surface area contributed by atoms with Crippen LogP contribution >= 0.6 is 0 Å². The highest BCUT2D eigenvalue weighted by atomic mass is 19.1. The number of nitrogens with zero attached hydrogens (tertiary/aromatic N) is 3. The van der Waals surface area contributed by atoms with Gasteiger partial charge in [-0.25, -0.2) is 13.9 Å². The fourth-order valence-corrected chi connectivity index (χ4v) is 3.41. The summed E-state index contributed by atoms with van der Waals surface area (Å²) in [5.41, 5.74) is 3.43. The molecule has 0 aliphatic rings. The molecule has 174 valence electrons. The highest BCUT2D eigenvalue weighted by Gasteiger charge is 2.16. The molecule has 0 aliphatic heterocycles. The maximum atomic E-state index is 13.2. The second-order valence-corrected chi connectivity index (χ2v) is 7.55. The summed E-state index contributed by atoms with van der Waals surface area (Å²) in [5, 5.41) is 14.2. The summed E-state index contributed by atoms with van der Waals surface area (Å²) in [7, 11) is 0. The van der Waals surface area contributed by atoms with Gasteiger partial charge in [-0.2, -0.15) is 10.4 Å². The van der Waals surface area contributed by atoms with E-state index in [2.05, 4.69) is 0 Å². The molecule has 0 N–H and O–H groups in total. The van der Waals surface area contributed by atoms with Crippen LogP contribution in [0.3, 0.4) is 0 Å². The van der Waals surface area contributed by atoms with Gasteiger partial charge in [-0.15, -0.1) is 0 Å². The van der Waals surface area contributed by atoms with Gasteiger partial charge in [-0.1, -0.05) is 42.5 Å². The van der Waals surface area contributed by atoms with Gasteiger partial charge in [0.15, 0.2) is 0 Å². The van der Waals surface area contributed by atoms with E-state index in [1.165, 1.54) is 18.2 Å². The summed E-state index contributed by atoms with van der Waals surface area (Å²) in [5.74, 6) is -0.392. The second-order valence-electron chi connectivity index (χ2n) is 7.55. The average molecular weight is 468 g/mol. The van der Waals surface area contributed by atoms with Gasteiger partial charge in [0.05, 0.1) is 12.3 Å². The minimum atomic E-state index is -0.690. The molecule has 0 saturated heterocycles. The largest absolute Gasteiger partial charge is 0.489 e. The number of hydrogen-bond donors (Lipinski definition) is 0. The lowest BCUT2D eigenvalue weighted by atomic mass is 10.1. The number of esters is 1. The smallest absolute Gasteiger partial charge is 0.348 e. The number of rotatable bonds is 8. The Kier molecular flexibility index (Phi) is 7.34. The van der Waals surface area contributed by atoms with Gasteiger partial charge < -0.3 is 9.47 Å². The molecule has 0 fully saturated rings. The molecule has 0 amide bonds. The lowest BCUT2D eigenvalue weighted by molar-refractivity contribution is -0.137. The van der Waals surface area contributed by atoms with E-state index in [-0.39, 0.29) is 24.6 Å². The third-order valence-corrected chi connectivity index (χ3v) is 5.11. The van der Waals surface area contributed by atoms with Crippen molar-refractivity contribution in [2.75, 3.05) is 6.61 Å². The number of aromatic nitrogens is 2. The normalized spacial score (nSPS) is 11.1. The minimum Gasteiger partial charge on any atom is -0.489 e. The first kappa shape index (κ1) is 23.5. The molecule has 1 heterocycles. The molecule has 0 unspecified atom stereocenters. The monoisotopic (exact) mass is 467 g/mol. The van der Waals surface area contributed by atoms with Crippen molar-refractivity contribution in [2.24, 2.45) is 0 Å². The number of carbonyl (C=O) groups is 1. The number of halogens is 1. The zero-order valence-corrected chi connectivity index (χ0v) is 19.0. The first-order chi connectivity index (χ1) is 17.1. The Morgan fingerprint density at radius 2 is 1.86 bits per heavy atom. The van der Waals surface area contributed by atoms with Gasteiger partial charge >= 0.3 is 5.97 Å². The lowest BCUT2D eigenvalue weighted by Gasteiger charge is -2.08. The number of hydrogen-bond acceptors (Lipinski definition) is 5. The standard InChI is InChI=1S/C28H22FN3O3/c1-2-34-28(33)22(17-30)15-23-18-32(25-8-4-3-5-9-25)31-27(23)21-7-6-10-26(16-21)35-19-20-11-13-24(29)14-12-20/h3-16,18H,2,19H2,1H3/b22-15-. The van der Waals surface area contributed by atoms with Crippen LogP contribution in [-0.4, -0.2) is 22.4 Å². The van der Waals surface area contributed by atoms with Crippen molar-refractivity contribution in [3.05, 3.63) is 108 Å². The van der Waals surface area contributed by atoms with Crippen LogP contribution in [0.15, 0.2) is 90.6 Å². The number of nitriles is 1. The average Bonchev–Trinajstić information content (AvgIpc) is 3.32. The van der Waals surface area contributed by atoms with Crippen LogP contribution in [0.5, 0.6) is 5.75 Å². The Morgan fingerprint density at radius 1 is 1.09 bits per heavy atom. The molecule has 7 heteroatoms. The minimum absolute atomic E-state index is 0.121. The van der Waals surface area contributed by atoms with Crippen LogP contribution in [0.4, 0.5) is 4.39 Å². The Bertz CT molecular complexity index is 1390. The summed E-state index contributed by atoms with van der Waals surface area (Å²) < 4.78 is 25.7. The fourth-order valence-electron chi connectivity index (χ4n) is 3.41. The van der Waals surface area contributed by atoms with Crippen molar-refractivity contribution >= 4 is 12.0 Å². The first-order valence-electron chi connectivity index (χ1n) is 11.0. The molecule has 35 heavy (non-hydrogen) atoms. The van der Waals surface area contributed by atoms with Crippen LogP contribution in [-0.2, 0) is 16.1 Å². The first-order valence-corrected chi connectivity index (χ1v) is 11.0. The molecular formula is C28H22FN3O3. The third-order valence-electron chi connectivity index (χ3n) is 5.11. The molecule has 0 atom stereocenters. The van der Waals surface area contributed by atoms with Crippen molar-refractivity contribution < 1.29 is 18.7 Å². The van der Waals surface area contributed by atoms with Crippen molar-refractivity contribution in [1.29, 1.82) is 5.26 Å². The zero-order chi connectivity index (χ0) is 24.6. The Balaban J connectivity index is 1.70. The van der Waals surface area contributed by atoms with Crippen molar-refractivity contribution in [3.8, 4) is 28.8 Å². The number of benzene rings is 3. The Labute approximate surface area is 202 Å². The highest BCUT2D eigenvalue weighted by molar-refractivity contribution is 5.98. The van der Waals surface area contributed by atoms with Crippen LogP contribution < -0.4 is 4.74 Å². The predicted molar refractivity (Wildman–Crippen MR) is 130 cm³/mol. The van der Waals surface area contributed by atoms with E-state index in [9.17, 15) is 14.4 Å². The third kappa shape index (κ3) is 5.81. The van der Waals surface area contributed by atoms with Gasteiger partial charge in [-0.3, -0.25) is 0 Å². The molecule has 0 aliphatic carbocycles. The van der Waals surface area contributed by atoms with Gasteiger partial charge in [-0.05, 0) is 55.0 Å². The zero-order valence-electron chi connectivity index (χ0n) is 19.0. The summed E-state index contributed by atoms with van der Waals surface area (Å²) in [6, 6.07) is 24.9. The maximum Gasteiger partial charge on any atom is 0.348 e. The maximum absolute atomic E-state index is 13.2. The molecule has 1 aromatic heterocycles. The summed E-state index contributed by atoms with van der Waals surface area (Å²) in [6.07, 6.45) is 3.24. The van der Waals surface area contributed by atoms with E-state index >= 15 is 0 Å². The topological polar surface area (TPSA) is 77.1 Å². The molecule has 0 saturated carbocycles. The second kappa shape index (κ2) is 10.9. The number of para-hydroxylation sites is 1. The number of ether oxygens (including phenoxy) is 2. The van der Waals surface area contributed by atoms with E-state index in [0.29, 0.717) is 17.0 Å². The fraction of sp³-hybridized carbons (Fsp3) is 0.107. The van der Waals surface area contributed by atoms with E-state index in [0.717, 1.165) is 16.8 Å². The molecule has 0 bridgehead atoms. The van der Waals surface area contributed by atoms with Gasteiger partial charge in [0.1, 0.15) is 35.5 Å². The van der Waals surface area contributed by atoms with E-state index in [4.69, 9.17) is 14.6 Å². The molecule has 0 spiro atoms. The van der Waals surface area contributed by atoms with E-state index < -0.39 is 5.97 Å². The van der Waals surface area contributed by atoms with E-state index in [1.54, 1.807) is 29.9 Å². The molecule has 4 aromatic rings. The molecule has 3 aromatic carbocycles. The van der Waals surface area contributed by atoms with Crippen LogP contribution in [0.2, 0.25) is 0 Å². The van der Waals surface area contributed by atoms with Gasteiger partial charge in [0.2, 0.25) is 0 Å². The van der Waals surface area contributed by atoms with Crippen LogP contribution in [0.25, 0.3) is 23.0 Å². The predicted octanol–water partition coefficient (Wildman–Crippen LogP) is 5.73. The summed E-state index contributed by atoms with van der Waals surface area (Å²) in [4.78, 5) is 12.2. The summed E-state index contributed by atoms with van der Waals surface area (Å²) in [6.45, 7) is 2.13. The molecule has 4 rings (SSSR count). The Hall–Kier alpha value is -4.70. The summed E-state index contributed by atoms with van der Waals surface area (Å²) >= 11 is 0. The molecule has 6 nitrogen and oxygen atoms in total. The SMILES string of the molecule is CCOC(=O)/C(C#N)=C\c1cn(-c2ccccc2)nc1-c1cccc(OCc2ccc(F)cc2)c1. The van der Waals surface area contributed by atoms with Crippen LogP contribution in [0.1, 0.15) is 18.1 Å². The van der Waals surface area contributed by atoms with Crippen molar-refractivity contribution in [2.45, 2.75) is 13.5 Å². The highest BCUT2D eigenvalue weighted by Crippen LogP contribution is 2.29. The lowest BCUT2D eigenvalue weighted by Crippen LogP contribution is -2.06. The molecular weight excluding hydrogens is 445 g/mol. The van der Waals surface area contributed by atoms with Gasteiger partial charge in [0, 0.05) is 17.3 Å². The van der Waals surface area contributed by atoms with Crippen molar-refractivity contribution in [3.63, 3.8) is 0 Å². The quantitative estimate of drug-likeness (QED) is 0.188. The van der Waals surface area contributed by atoms with Crippen LogP contribution in [0, 0.1) is 17.1 Å². The van der Waals surface area contributed by atoms with Gasteiger partial charge in [0.25, 0.3) is 0 Å². The number of carbonyl (C=O) groups excluding carboxylic acids is 1. The van der Waals surface area contributed by atoms with Crippen molar-refractivity contribution in [1.82, 2.24) is 9.78 Å². The molecule has 0 radical (unpaired) electrons.